The van der Waals surface area contributed by atoms with Crippen molar-refractivity contribution in [2.75, 3.05) is 0 Å². The molecule has 6 nitrogen and oxygen atoms in total. The van der Waals surface area contributed by atoms with E-state index in [1.54, 1.807) is 12.1 Å². The van der Waals surface area contributed by atoms with Crippen molar-refractivity contribution in [1.29, 1.82) is 0 Å². The van der Waals surface area contributed by atoms with Crippen LogP contribution in [0.3, 0.4) is 0 Å². The molecule has 7 heteroatoms. The standard InChI is InChI=1S/C31H26FN3O3/c1-2-8-26(19-9-4-3-5-10-19)35-30(36)20-13-15-23(25(17-20)31(37)38)22-16-14-21(32)18-24(22)29-33-27-11-6-7-12-28(27)34-29/h3-7,9-18,26H,2,8H2,1H3,(H,33,34)(H,35,36)(H,37,38)/t26-/m1/s1. The Balaban J connectivity index is 1.54. The Morgan fingerprint density at radius 1 is 0.921 bits per heavy atom. The number of hydrogen-bond acceptors (Lipinski definition) is 3. The lowest BCUT2D eigenvalue weighted by molar-refractivity contribution is 0.0697. The summed E-state index contributed by atoms with van der Waals surface area (Å²) in [4.78, 5) is 33.3. The largest absolute Gasteiger partial charge is 0.478 e. The highest BCUT2D eigenvalue weighted by molar-refractivity contribution is 6.03. The van der Waals surface area contributed by atoms with E-state index >= 15 is 0 Å². The molecule has 1 aromatic heterocycles. The van der Waals surface area contributed by atoms with Gasteiger partial charge in [0.25, 0.3) is 5.91 Å². The Labute approximate surface area is 219 Å². The minimum Gasteiger partial charge on any atom is -0.478 e. The number of halogens is 1. The number of aromatic nitrogens is 2. The van der Waals surface area contributed by atoms with Gasteiger partial charge in [-0.1, -0.05) is 67.9 Å². The first-order chi connectivity index (χ1) is 18.4. The molecule has 0 aliphatic carbocycles. The highest BCUT2D eigenvalue weighted by Crippen LogP contribution is 2.35. The van der Waals surface area contributed by atoms with Crippen molar-refractivity contribution >= 4 is 22.9 Å². The summed E-state index contributed by atoms with van der Waals surface area (Å²) in [5.74, 6) is -1.61. The SMILES string of the molecule is CCC[C@@H](NC(=O)c1ccc(-c2ccc(F)cc2-c2nc3ccccc3[nH]2)c(C(=O)O)c1)c1ccccc1. The summed E-state index contributed by atoms with van der Waals surface area (Å²) < 4.78 is 14.3. The summed E-state index contributed by atoms with van der Waals surface area (Å²) >= 11 is 0. The lowest BCUT2D eigenvalue weighted by Gasteiger charge is -2.19. The van der Waals surface area contributed by atoms with E-state index < -0.39 is 11.8 Å². The third kappa shape index (κ3) is 5.04. The lowest BCUT2D eigenvalue weighted by Crippen LogP contribution is -2.28. The molecule has 0 fully saturated rings. The number of hydrogen-bond donors (Lipinski definition) is 3. The van der Waals surface area contributed by atoms with Gasteiger partial charge in [-0.15, -0.1) is 0 Å². The van der Waals surface area contributed by atoms with Gasteiger partial charge in [0.2, 0.25) is 0 Å². The van der Waals surface area contributed by atoms with Crippen molar-refractivity contribution in [2.45, 2.75) is 25.8 Å². The zero-order valence-electron chi connectivity index (χ0n) is 20.7. The topological polar surface area (TPSA) is 95.1 Å². The van der Waals surface area contributed by atoms with Gasteiger partial charge in [0.05, 0.1) is 22.6 Å². The molecule has 0 saturated carbocycles. The van der Waals surface area contributed by atoms with Crippen molar-refractivity contribution in [1.82, 2.24) is 15.3 Å². The van der Waals surface area contributed by atoms with Gasteiger partial charge < -0.3 is 15.4 Å². The number of rotatable bonds is 8. The quantitative estimate of drug-likeness (QED) is 0.211. The number of aromatic carboxylic acids is 1. The van der Waals surface area contributed by atoms with E-state index in [-0.39, 0.29) is 23.1 Å². The van der Waals surface area contributed by atoms with Crippen LogP contribution in [0.2, 0.25) is 0 Å². The summed E-state index contributed by atoms with van der Waals surface area (Å²) in [6.07, 6.45) is 1.62. The number of nitrogens with zero attached hydrogens (tertiary/aromatic N) is 1. The average molecular weight is 508 g/mol. The van der Waals surface area contributed by atoms with Crippen LogP contribution in [-0.4, -0.2) is 27.0 Å². The lowest BCUT2D eigenvalue weighted by atomic mass is 9.93. The van der Waals surface area contributed by atoms with Crippen LogP contribution in [0, 0.1) is 5.82 Å². The molecular formula is C31H26FN3O3. The first-order valence-electron chi connectivity index (χ1n) is 12.4. The Hall–Kier alpha value is -4.78. The second kappa shape index (κ2) is 10.7. The Bertz CT molecular complexity index is 1600. The highest BCUT2D eigenvalue weighted by atomic mass is 19.1. The maximum atomic E-state index is 14.3. The van der Waals surface area contributed by atoms with Crippen LogP contribution in [0.4, 0.5) is 4.39 Å². The fourth-order valence-electron chi connectivity index (χ4n) is 4.66. The molecule has 190 valence electrons. The van der Waals surface area contributed by atoms with Crippen molar-refractivity contribution in [3.8, 4) is 22.5 Å². The molecular weight excluding hydrogens is 481 g/mol. The molecule has 1 heterocycles. The fraction of sp³-hybridized carbons (Fsp3) is 0.129. The number of carbonyl (C=O) groups is 2. The number of carboxylic acids is 1. The van der Waals surface area contributed by atoms with Crippen LogP contribution in [-0.2, 0) is 0 Å². The molecule has 0 spiro atoms. The molecule has 3 N–H and O–H groups in total. The molecule has 4 aromatic carbocycles. The summed E-state index contributed by atoms with van der Waals surface area (Å²) in [5, 5.41) is 13.1. The number of carbonyl (C=O) groups excluding carboxylic acids is 1. The van der Waals surface area contributed by atoms with Crippen LogP contribution in [0.15, 0.2) is 91.0 Å². The van der Waals surface area contributed by atoms with Crippen LogP contribution in [0.5, 0.6) is 0 Å². The van der Waals surface area contributed by atoms with E-state index in [4.69, 9.17) is 0 Å². The number of fused-ring (bicyclic) bond motifs is 1. The average Bonchev–Trinajstić information content (AvgIpc) is 3.37. The number of para-hydroxylation sites is 2. The first kappa shape index (κ1) is 24.9. The van der Waals surface area contributed by atoms with Crippen molar-refractivity contribution < 1.29 is 19.1 Å². The van der Waals surface area contributed by atoms with E-state index in [9.17, 15) is 19.1 Å². The third-order valence-corrected chi connectivity index (χ3v) is 6.51. The molecule has 0 bridgehead atoms. The van der Waals surface area contributed by atoms with E-state index in [0.29, 0.717) is 28.0 Å². The normalized spacial score (nSPS) is 11.8. The van der Waals surface area contributed by atoms with Gasteiger partial charge in [-0.25, -0.2) is 14.2 Å². The molecule has 0 unspecified atom stereocenters. The number of benzene rings is 4. The maximum absolute atomic E-state index is 14.3. The zero-order chi connectivity index (χ0) is 26.6. The molecule has 0 saturated heterocycles. The monoisotopic (exact) mass is 507 g/mol. The molecule has 38 heavy (non-hydrogen) atoms. The van der Waals surface area contributed by atoms with Gasteiger partial charge in [0.1, 0.15) is 11.6 Å². The number of imidazole rings is 1. The Morgan fingerprint density at radius 2 is 1.66 bits per heavy atom. The minimum atomic E-state index is -1.19. The summed E-state index contributed by atoms with van der Waals surface area (Å²) in [5.41, 5.74) is 3.92. The summed E-state index contributed by atoms with van der Waals surface area (Å²) in [6, 6.07) is 25.6. The Kier molecular flexibility index (Phi) is 7.00. The van der Waals surface area contributed by atoms with Gasteiger partial charge in [0, 0.05) is 11.1 Å². The molecule has 0 radical (unpaired) electrons. The fourth-order valence-corrected chi connectivity index (χ4v) is 4.66. The number of aromatic amines is 1. The van der Waals surface area contributed by atoms with Crippen LogP contribution >= 0.6 is 0 Å². The van der Waals surface area contributed by atoms with E-state index in [1.807, 2.05) is 61.5 Å². The highest BCUT2D eigenvalue weighted by Gasteiger charge is 2.21. The third-order valence-electron chi connectivity index (χ3n) is 6.51. The van der Waals surface area contributed by atoms with Gasteiger partial charge in [0.15, 0.2) is 0 Å². The first-order valence-corrected chi connectivity index (χ1v) is 12.4. The van der Waals surface area contributed by atoms with E-state index in [1.165, 1.54) is 24.3 Å². The molecule has 0 aliphatic heterocycles. The molecule has 5 aromatic rings. The minimum absolute atomic E-state index is 0.0617. The van der Waals surface area contributed by atoms with Gasteiger partial charge in [-0.3, -0.25) is 4.79 Å². The van der Waals surface area contributed by atoms with Crippen LogP contribution < -0.4 is 5.32 Å². The van der Waals surface area contributed by atoms with Gasteiger partial charge in [-0.2, -0.15) is 0 Å². The van der Waals surface area contributed by atoms with Crippen LogP contribution in [0.1, 0.15) is 52.1 Å². The van der Waals surface area contributed by atoms with Crippen molar-refractivity contribution in [3.05, 3.63) is 114 Å². The molecule has 0 aliphatic rings. The predicted molar refractivity (Wildman–Crippen MR) is 145 cm³/mol. The zero-order valence-corrected chi connectivity index (χ0v) is 20.7. The number of amides is 1. The number of nitrogens with one attached hydrogen (secondary N) is 2. The number of H-pyrrole nitrogens is 1. The van der Waals surface area contributed by atoms with Crippen molar-refractivity contribution in [3.63, 3.8) is 0 Å². The number of carboxylic acid groups (broad SMARTS) is 1. The maximum Gasteiger partial charge on any atom is 0.336 e. The summed E-state index contributed by atoms with van der Waals surface area (Å²) in [6.45, 7) is 2.04. The van der Waals surface area contributed by atoms with Crippen molar-refractivity contribution in [2.24, 2.45) is 0 Å². The second-order valence-corrected chi connectivity index (χ2v) is 9.08. The molecule has 5 rings (SSSR count). The smallest absolute Gasteiger partial charge is 0.336 e. The van der Waals surface area contributed by atoms with E-state index in [0.717, 1.165) is 23.9 Å². The van der Waals surface area contributed by atoms with Gasteiger partial charge in [-0.05, 0) is 59.5 Å². The van der Waals surface area contributed by atoms with Gasteiger partial charge >= 0.3 is 5.97 Å². The van der Waals surface area contributed by atoms with Crippen LogP contribution in [0.25, 0.3) is 33.5 Å². The Morgan fingerprint density at radius 3 is 2.39 bits per heavy atom. The molecule has 1 amide bonds. The summed E-state index contributed by atoms with van der Waals surface area (Å²) in [7, 11) is 0. The molecule has 1 atom stereocenters. The van der Waals surface area contributed by atoms with E-state index in [2.05, 4.69) is 15.3 Å². The predicted octanol–water partition coefficient (Wildman–Crippen LogP) is 7.01. The second-order valence-electron chi connectivity index (χ2n) is 9.08.